The second-order valence-corrected chi connectivity index (χ2v) is 7.02. The highest BCUT2D eigenvalue weighted by molar-refractivity contribution is 7.98. The maximum absolute atomic E-state index is 11.9. The molecule has 2 fully saturated rings. The summed E-state index contributed by atoms with van der Waals surface area (Å²) in [6.45, 7) is 2.18. The molecular formula is C17H27N3O3S. The zero-order chi connectivity index (χ0) is 17.6. The molecule has 7 heteroatoms. The zero-order valence-corrected chi connectivity index (χ0v) is 15.3. The minimum absolute atomic E-state index is 0.0359. The van der Waals surface area contributed by atoms with Gasteiger partial charge in [0.05, 0.1) is 18.1 Å². The maximum Gasteiger partial charge on any atom is 0.316 e. The van der Waals surface area contributed by atoms with E-state index in [4.69, 9.17) is 15.6 Å². The molecule has 1 aromatic rings. The molecule has 3 rings (SSSR count). The largest absolute Gasteiger partial charge is 0.465 e. The van der Waals surface area contributed by atoms with Gasteiger partial charge < -0.3 is 15.6 Å². The van der Waals surface area contributed by atoms with Crippen molar-refractivity contribution in [3.8, 4) is 0 Å². The van der Waals surface area contributed by atoms with Gasteiger partial charge in [-0.05, 0) is 38.9 Å². The fourth-order valence-corrected chi connectivity index (χ4v) is 3.25. The number of hydrogen-bond acceptors (Lipinski definition) is 7. The van der Waals surface area contributed by atoms with Crippen molar-refractivity contribution >= 4 is 23.5 Å². The summed E-state index contributed by atoms with van der Waals surface area (Å²) in [5, 5.41) is 9.53. The number of aromatic nitrogens is 2. The Balaban J connectivity index is 0.000000249. The molecule has 1 aromatic heterocycles. The summed E-state index contributed by atoms with van der Waals surface area (Å²) < 4.78 is 5.08. The van der Waals surface area contributed by atoms with Crippen molar-refractivity contribution in [3.05, 3.63) is 11.8 Å². The summed E-state index contributed by atoms with van der Waals surface area (Å²) in [5.41, 5.74) is 6.00. The van der Waals surface area contributed by atoms with E-state index in [1.807, 2.05) is 6.26 Å². The van der Waals surface area contributed by atoms with Crippen LogP contribution in [0, 0.1) is 0 Å². The summed E-state index contributed by atoms with van der Waals surface area (Å²) in [4.78, 5) is 20.2. The molecule has 6 nitrogen and oxygen atoms in total. The standard InChI is InChI=1S/C11H15N3O2S.C6H12O/c1-3-16-9(15)11(4-5-11)7-6-13-10(17-2)14-8(7)12;7-6-4-2-1-3-5-6/h6H,3-5H2,1-2H3,(H2,12,13,14);6-7H,1-5H2. The van der Waals surface area contributed by atoms with Gasteiger partial charge in [-0.1, -0.05) is 31.0 Å². The first-order valence-electron chi connectivity index (χ1n) is 8.55. The minimum atomic E-state index is -0.586. The third kappa shape index (κ3) is 4.60. The lowest BCUT2D eigenvalue weighted by Crippen LogP contribution is -2.25. The second kappa shape index (κ2) is 8.67. The molecule has 0 unspecified atom stereocenters. The molecule has 0 radical (unpaired) electrons. The number of aliphatic hydroxyl groups is 1. The molecule has 134 valence electrons. The molecule has 0 amide bonds. The summed E-state index contributed by atoms with van der Waals surface area (Å²) in [5.74, 6) is 0.169. The number of hydrogen-bond donors (Lipinski definition) is 2. The van der Waals surface area contributed by atoms with Crippen molar-refractivity contribution in [1.29, 1.82) is 0 Å². The Kier molecular flexibility index (Phi) is 6.86. The fourth-order valence-electron chi connectivity index (χ4n) is 2.90. The normalized spacial score (nSPS) is 19.1. The van der Waals surface area contributed by atoms with Crippen LogP contribution in [0.2, 0.25) is 0 Å². The molecule has 0 spiro atoms. The molecule has 0 saturated heterocycles. The topological polar surface area (TPSA) is 98.3 Å². The molecule has 2 aliphatic rings. The summed E-state index contributed by atoms with van der Waals surface area (Å²) in [6.07, 6.45) is 11.0. The van der Waals surface area contributed by atoms with Crippen LogP contribution in [-0.4, -0.2) is 40.0 Å². The van der Waals surface area contributed by atoms with Crippen LogP contribution in [0.5, 0.6) is 0 Å². The zero-order valence-electron chi connectivity index (χ0n) is 14.5. The Morgan fingerprint density at radius 2 is 2.08 bits per heavy atom. The summed E-state index contributed by atoms with van der Waals surface area (Å²) >= 11 is 1.42. The van der Waals surface area contributed by atoms with Crippen molar-refractivity contribution < 1.29 is 14.6 Å². The van der Waals surface area contributed by atoms with E-state index in [9.17, 15) is 4.79 Å². The number of rotatable bonds is 4. The van der Waals surface area contributed by atoms with Crippen LogP contribution in [0.3, 0.4) is 0 Å². The minimum Gasteiger partial charge on any atom is -0.465 e. The van der Waals surface area contributed by atoms with E-state index in [-0.39, 0.29) is 12.1 Å². The van der Waals surface area contributed by atoms with Gasteiger partial charge in [-0.25, -0.2) is 9.97 Å². The second-order valence-electron chi connectivity index (χ2n) is 6.25. The van der Waals surface area contributed by atoms with E-state index >= 15 is 0 Å². The number of ether oxygens (including phenoxy) is 1. The lowest BCUT2D eigenvalue weighted by Gasteiger charge is -2.15. The van der Waals surface area contributed by atoms with Crippen molar-refractivity contribution in [3.63, 3.8) is 0 Å². The molecule has 3 N–H and O–H groups in total. The van der Waals surface area contributed by atoms with E-state index in [1.165, 1.54) is 31.0 Å². The van der Waals surface area contributed by atoms with Crippen LogP contribution in [0.25, 0.3) is 0 Å². The SMILES string of the molecule is CCOC(=O)C1(c2cnc(SC)nc2N)CC1.OC1CCCCC1. The summed E-state index contributed by atoms with van der Waals surface area (Å²) in [6, 6.07) is 0. The van der Waals surface area contributed by atoms with Crippen LogP contribution in [0.1, 0.15) is 57.4 Å². The van der Waals surface area contributed by atoms with Crippen LogP contribution in [-0.2, 0) is 14.9 Å². The molecule has 0 bridgehead atoms. The Morgan fingerprint density at radius 3 is 2.50 bits per heavy atom. The third-order valence-electron chi connectivity index (χ3n) is 4.49. The molecular weight excluding hydrogens is 326 g/mol. The monoisotopic (exact) mass is 353 g/mol. The quantitative estimate of drug-likeness (QED) is 0.488. The van der Waals surface area contributed by atoms with Crippen LogP contribution >= 0.6 is 11.8 Å². The Bertz CT molecular complexity index is 558. The number of carbonyl (C=O) groups excluding carboxylic acids is 1. The predicted molar refractivity (Wildman–Crippen MR) is 94.9 cm³/mol. The fraction of sp³-hybridized carbons (Fsp3) is 0.706. The van der Waals surface area contributed by atoms with Crippen LogP contribution in [0.4, 0.5) is 5.82 Å². The maximum atomic E-state index is 11.9. The van der Waals surface area contributed by atoms with Gasteiger partial charge in [0.2, 0.25) is 0 Å². The predicted octanol–water partition coefficient (Wildman–Crippen LogP) is 2.69. The van der Waals surface area contributed by atoms with E-state index in [0.717, 1.165) is 25.7 Å². The highest BCUT2D eigenvalue weighted by Gasteiger charge is 2.54. The first-order valence-corrected chi connectivity index (χ1v) is 9.78. The van der Waals surface area contributed by atoms with E-state index < -0.39 is 5.41 Å². The Hall–Kier alpha value is -1.34. The third-order valence-corrected chi connectivity index (χ3v) is 5.05. The first kappa shape index (κ1) is 19.0. The van der Waals surface area contributed by atoms with Gasteiger partial charge >= 0.3 is 5.97 Å². The van der Waals surface area contributed by atoms with Crippen molar-refractivity contribution in [1.82, 2.24) is 9.97 Å². The Labute approximate surface area is 147 Å². The van der Waals surface area contributed by atoms with Gasteiger partial charge in [-0.15, -0.1) is 0 Å². The molecule has 0 atom stereocenters. The number of carbonyl (C=O) groups is 1. The van der Waals surface area contributed by atoms with Crippen molar-refractivity contribution in [2.75, 3.05) is 18.6 Å². The van der Waals surface area contributed by atoms with Gasteiger partial charge in [0.25, 0.3) is 0 Å². The molecule has 0 aliphatic heterocycles. The van der Waals surface area contributed by atoms with Gasteiger partial charge in [0.1, 0.15) is 5.82 Å². The molecule has 24 heavy (non-hydrogen) atoms. The van der Waals surface area contributed by atoms with Crippen molar-refractivity contribution in [2.24, 2.45) is 0 Å². The lowest BCUT2D eigenvalue weighted by molar-refractivity contribution is -0.146. The van der Waals surface area contributed by atoms with Gasteiger partial charge in [-0.3, -0.25) is 4.79 Å². The van der Waals surface area contributed by atoms with Crippen LogP contribution < -0.4 is 5.73 Å². The number of aliphatic hydroxyl groups excluding tert-OH is 1. The Morgan fingerprint density at radius 1 is 1.42 bits per heavy atom. The van der Waals surface area contributed by atoms with Crippen LogP contribution in [0.15, 0.2) is 11.4 Å². The van der Waals surface area contributed by atoms with E-state index in [1.54, 1.807) is 13.1 Å². The molecule has 2 saturated carbocycles. The van der Waals surface area contributed by atoms with Crippen molar-refractivity contribution in [2.45, 2.75) is 68.5 Å². The number of nitrogen functional groups attached to an aromatic ring is 1. The number of anilines is 1. The highest BCUT2D eigenvalue weighted by Crippen LogP contribution is 2.50. The van der Waals surface area contributed by atoms with Gasteiger partial charge in [-0.2, -0.15) is 0 Å². The van der Waals surface area contributed by atoms with E-state index in [2.05, 4.69) is 9.97 Å². The number of esters is 1. The van der Waals surface area contributed by atoms with Gasteiger partial charge in [0, 0.05) is 11.8 Å². The first-order chi connectivity index (χ1) is 11.5. The molecule has 1 heterocycles. The average Bonchev–Trinajstić information content (AvgIpc) is 3.38. The summed E-state index contributed by atoms with van der Waals surface area (Å²) in [7, 11) is 0. The average molecular weight is 353 g/mol. The highest BCUT2D eigenvalue weighted by atomic mass is 32.2. The molecule has 0 aromatic carbocycles. The molecule has 2 aliphatic carbocycles. The number of nitrogens with two attached hydrogens (primary N) is 1. The number of thioether (sulfide) groups is 1. The lowest BCUT2D eigenvalue weighted by atomic mass is 9.98. The number of nitrogens with zero attached hydrogens (tertiary/aromatic N) is 2. The smallest absolute Gasteiger partial charge is 0.316 e. The van der Waals surface area contributed by atoms with E-state index in [0.29, 0.717) is 23.1 Å². The van der Waals surface area contributed by atoms with Gasteiger partial charge in [0.15, 0.2) is 5.16 Å².